The molecule has 1 heterocycles. The first-order valence-corrected chi connectivity index (χ1v) is 10.9. The summed E-state index contributed by atoms with van der Waals surface area (Å²) in [5.74, 6) is -0.687. The molecule has 34 heavy (non-hydrogen) atoms. The van der Waals surface area contributed by atoms with E-state index in [-0.39, 0.29) is 25.5 Å². The van der Waals surface area contributed by atoms with Crippen molar-refractivity contribution in [3.05, 3.63) is 89.1 Å². The predicted molar refractivity (Wildman–Crippen MR) is 122 cm³/mol. The molecule has 178 valence electrons. The standard InChI is InChI=1S/C26H25F3N2O3/c1-3-31(25(33)19-8-6-5-7-9-19)17-20-16-21(26(27,28)29)10-11-22(20)23-14-18(12-13-30-23)15-24(32)34-4-2/h5-14,16H,3-4,15,17H2,1-2H3. The number of carbonyl (C=O) groups is 2. The summed E-state index contributed by atoms with van der Waals surface area (Å²) in [5.41, 5.74) is 1.44. The van der Waals surface area contributed by atoms with Crippen LogP contribution < -0.4 is 0 Å². The molecular formula is C26H25F3N2O3. The third kappa shape index (κ3) is 6.21. The lowest BCUT2D eigenvalue weighted by molar-refractivity contribution is -0.142. The van der Waals surface area contributed by atoms with Crippen LogP contribution in [-0.2, 0) is 28.7 Å². The van der Waals surface area contributed by atoms with Crippen LogP contribution in [0.1, 0.15) is 40.9 Å². The van der Waals surface area contributed by atoms with Gasteiger partial charge in [-0.15, -0.1) is 0 Å². The molecule has 0 radical (unpaired) electrons. The summed E-state index contributed by atoms with van der Waals surface area (Å²) in [6, 6.07) is 15.3. The highest BCUT2D eigenvalue weighted by Gasteiger charge is 2.31. The van der Waals surface area contributed by atoms with Crippen molar-refractivity contribution >= 4 is 11.9 Å². The number of alkyl halides is 3. The van der Waals surface area contributed by atoms with E-state index in [0.29, 0.717) is 34.5 Å². The Kier molecular flexibility index (Phi) is 8.04. The second kappa shape index (κ2) is 11.0. The Hall–Kier alpha value is -3.68. The molecule has 1 amide bonds. The van der Waals surface area contributed by atoms with E-state index in [1.165, 1.54) is 17.2 Å². The number of halogens is 3. The summed E-state index contributed by atoms with van der Waals surface area (Å²) in [4.78, 5) is 30.6. The predicted octanol–water partition coefficient (Wildman–Crippen LogP) is 5.54. The minimum Gasteiger partial charge on any atom is -0.466 e. The SMILES string of the molecule is CCOC(=O)Cc1ccnc(-c2ccc(C(F)(F)F)cc2CN(CC)C(=O)c2ccccc2)c1. The molecule has 5 nitrogen and oxygen atoms in total. The van der Waals surface area contributed by atoms with Crippen molar-refractivity contribution in [2.24, 2.45) is 0 Å². The largest absolute Gasteiger partial charge is 0.466 e. The van der Waals surface area contributed by atoms with Gasteiger partial charge < -0.3 is 9.64 Å². The highest BCUT2D eigenvalue weighted by molar-refractivity contribution is 5.94. The van der Waals surface area contributed by atoms with Crippen LogP contribution in [0.2, 0.25) is 0 Å². The van der Waals surface area contributed by atoms with Gasteiger partial charge in [-0.3, -0.25) is 14.6 Å². The van der Waals surface area contributed by atoms with Gasteiger partial charge in [0.15, 0.2) is 0 Å². The van der Waals surface area contributed by atoms with Gasteiger partial charge in [-0.1, -0.05) is 24.3 Å². The average Bonchev–Trinajstić information content (AvgIpc) is 2.82. The molecular weight excluding hydrogens is 445 g/mol. The smallest absolute Gasteiger partial charge is 0.416 e. The van der Waals surface area contributed by atoms with Gasteiger partial charge in [0.2, 0.25) is 0 Å². The molecule has 0 aliphatic heterocycles. The number of amides is 1. The van der Waals surface area contributed by atoms with E-state index in [0.717, 1.165) is 12.1 Å². The third-order valence-electron chi connectivity index (χ3n) is 5.24. The quantitative estimate of drug-likeness (QED) is 0.406. The fourth-order valence-electron chi connectivity index (χ4n) is 3.56. The molecule has 0 unspecified atom stereocenters. The van der Waals surface area contributed by atoms with Crippen LogP contribution >= 0.6 is 0 Å². The number of hydrogen-bond acceptors (Lipinski definition) is 4. The van der Waals surface area contributed by atoms with Gasteiger partial charge >= 0.3 is 12.1 Å². The Bertz CT molecular complexity index is 1150. The van der Waals surface area contributed by atoms with Crippen molar-refractivity contribution in [3.8, 4) is 11.3 Å². The lowest BCUT2D eigenvalue weighted by atomic mass is 9.98. The van der Waals surface area contributed by atoms with Gasteiger partial charge in [-0.25, -0.2) is 0 Å². The normalized spacial score (nSPS) is 11.2. The monoisotopic (exact) mass is 470 g/mol. The fraction of sp³-hybridized carbons (Fsp3) is 0.269. The second-order valence-corrected chi connectivity index (χ2v) is 7.59. The minimum atomic E-state index is -4.53. The maximum absolute atomic E-state index is 13.5. The molecule has 0 N–H and O–H groups in total. The van der Waals surface area contributed by atoms with Crippen LogP contribution in [0.15, 0.2) is 66.9 Å². The van der Waals surface area contributed by atoms with E-state index in [1.54, 1.807) is 56.3 Å². The van der Waals surface area contributed by atoms with E-state index in [9.17, 15) is 22.8 Å². The van der Waals surface area contributed by atoms with Crippen LogP contribution in [0, 0.1) is 0 Å². The zero-order valence-corrected chi connectivity index (χ0v) is 18.9. The van der Waals surface area contributed by atoms with Crippen molar-refractivity contribution < 1.29 is 27.5 Å². The van der Waals surface area contributed by atoms with Crippen molar-refractivity contribution in [1.82, 2.24) is 9.88 Å². The maximum Gasteiger partial charge on any atom is 0.416 e. The summed E-state index contributed by atoms with van der Waals surface area (Å²) in [7, 11) is 0. The fourth-order valence-corrected chi connectivity index (χ4v) is 3.56. The first-order valence-electron chi connectivity index (χ1n) is 10.9. The van der Waals surface area contributed by atoms with Crippen LogP contribution in [0.4, 0.5) is 13.2 Å². The zero-order valence-electron chi connectivity index (χ0n) is 18.9. The van der Waals surface area contributed by atoms with Crippen molar-refractivity contribution in [2.75, 3.05) is 13.2 Å². The summed E-state index contributed by atoms with van der Waals surface area (Å²) >= 11 is 0. The van der Waals surface area contributed by atoms with Crippen molar-refractivity contribution in [1.29, 1.82) is 0 Å². The molecule has 2 aromatic carbocycles. The van der Waals surface area contributed by atoms with Gasteiger partial charge in [0.1, 0.15) is 0 Å². The van der Waals surface area contributed by atoms with Gasteiger partial charge in [0.05, 0.1) is 24.3 Å². The molecule has 0 fully saturated rings. The highest BCUT2D eigenvalue weighted by atomic mass is 19.4. The van der Waals surface area contributed by atoms with Gasteiger partial charge in [-0.05, 0) is 61.4 Å². The molecule has 0 saturated carbocycles. The number of ether oxygens (including phenoxy) is 1. The first kappa shape index (κ1) is 25.0. The second-order valence-electron chi connectivity index (χ2n) is 7.59. The molecule has 3 rings (SSSR count). The minimum absolute atomic E-state index is 0.0207. The number of esters is 1. The number of aromatic nitrogens is 1. The topological polar surface area (TPSA) is 59.5 Å². The molecule has 0 spiro atoms. The maximum atomic E-state index is 13.5. The van der Waals surface area contributed by atoms with E-state index >= 15 is 0 Å². The summed E-state index contributed by atoms with van der Waals surface area (Å²) in [5, 5.41) is 0. The van der Waals surface area contributed by atoms with Crippen molar-refractivity contribution in [3.63, 3.8) is 0 Å². The van der Waals surface area contributed by atoms with Gasteiger partial charge in [0, 0.05) is 30.4 Å². The molecule has 0 saturated heterocycles. The Morgan fingerprint density at radius 3 is 2.38 bits per heavy atom. The Balaban J connectivity index is 2.00. The molecule has 8 heteroatoms. The number of rotatable bonds is 8. The molecule has 1 aromatic heterocycles. The molecule has 0 aliphatic carbocycles. The Labute approximate surface area is 196 Å². The van der Waals surface area contributed by atoms with Crippen LogP contribution in [0.25, 0.3) is 11.3 Å². The van der Waals surface area contributed by atoms with E-state index < -0.39 is 17.7 Å². The number of carbonyl (C=O) groups excluding carboxylic acids is 2. The van der Waals surface area contributed by atoms with Crippen LogP contribution in [-0.4, -0.2) is 34.9 Å². The summed E-state index contributed by atoms with van der Waals surface area (Å²) < 4.78 is 45.4. The lowest BCUT2D eigenvalue weighted by Crippen LogP contribution is -2.30. The summed E-state index contributed by atoms with van der Waals surface area (Å²) in [6.45, 7) is 4.00. The van der Waals surface area contributed by atoms with Crippen LogP contribution in [0.5, 0.6) is 0 Å². The lowest BCUT2D eigenvalue weighted by Gasteiger charge is -2.23. The van der Waals surface area contributed by atoms with E-state index in [2.05, 4.69) is 4.98 Å². The molecule has 3 aromatic rings. The molecule has 0 aliphatic rings. The number of hydrogen-bond donors (Lipinski definition) is 0. The molecule has 0 atom stereocenters. The van der Waals surface area contributed by atoms with Crippen molar-refractivity contribution in [2.45, 2.75) is 33.0 Å². The third-order valence-corrected chi connectivity index (χ3v) is 5.24. The number of pyridine rings is 1. The van der Waals surface area contributed by atoms with E-state index in [4.69, 9.17) is 4.74 Å². The zero-order chi connectivity index (χ0) is 24.7. The number of nitrogens with zero attached hydrogens (tertiary/aromatic N) is 2. The summed E-state index contributed by atoms with van der Waals surface area (Å²) in [6.07, 6.45) is -3.02. The Morgan fingerprint density at radius 1 is 1.00 bits per heavy atom. The first-order chi connectivity index (χ1) is 16.2. The Morgan fingerprint density at radius 2 is 1.74 bits per heavy atom. The average molecular weight is 470 g/mol. The van der Waals surface area contributed by atoms with Crippen LogP contribution in [0.3, 0.4) is 0 Å². The van der Waals surface area contributed by atoms with Gasteiger partial charge in [0.25, 0.3) is 5.91 Å². The van der Waals surface area contributed by atoms with E-state index in [1.807, 2.05) is 0 Å². The highest BCUT2D eigenvalue weighted by Crippen LogP contribution is 2.34. The van der Waals surface area contributed by atoms with Gasteiger partial charge in [-0.2, -0.15) is 13.2 Å². The molecule has 0 bridgehead atoms. The number of benzene rings is 2.